The maximum absolute atomic E-state index is 12.1. The summed E-state index contributed by atoms with van der Waals surface area (Å²) in [5.74, 6) is 0.565. The van der Waals surface area contributed by atoms with Crippen molar-refractivity contribution in [3.8, 4) is 11.5 Å². The number of likely N-dealkylation sites (tertiary alicyclic amines) is 1. The van der Waals surface area contributed by atoms with Crippen molar-refractivity contribution in [1.82, 2.24) is 4.90 Å². The predicted molar refractivity (Wildman–Crippen MR) is 94.6 cm³/mol. The standard InChI is InChI=1S/C19H25NO5/c1-23-16-9-7-15(17(13-16)24-2)8-10-19(22)25-14-18(21)20-11-5-3-4-6-12-20/h7-10,13H,3-6,11-12,14H2,1-2H3/b10-8+. The molecule has 0 aliphatic carbocycles. The van der Waals surface area contributed by atoms with Gasteiger partial charge in [-0.1, -0.05) is 12.8 Å². The Morgan fingerprint density at radius 3 is 2.44 bits per heavy atom. The average molecular weight is 347 g/mol. The summed E-state index contributed by atoms with van der Waals surface area (Å²) in [5.41, 5.74) is 0.721. The third-order valence-electron chi connectivity index (χ3n) is 4.14. The van der Waals surface area contributed by atoms with Crippen LogP contribution >= 0.6 is 0 Å². The van der Waals surface area contributed by atoms with Gasteiger partial charge in [-0.3, -0.25) is 4.79 Å². The number of hydrogen-bond donors (Lipinski definition) is 0. The summed E-state index contributed by atoms with van der Waals surface area (Å²) < 4.78 is 15.5. The van der Waals surface area contributed by atoms with Crippen molar-refractivity contribution in [2.45, 2.75) is 25.7 Å². The highest BCUT2D eigenvalue weighted by Crippen LogP contribution is 2.25. The van der Waals surface area contributed by atoms with Crippen molar-refractivity contribution in [3.63, 3.8) is 0 Å². The van der Waals surface area contributed by atoms with Gasteiger partial charge >= 0.3 is 5.97 Å². The minimum Gasteiger partial charge on any atom is -0.497 e. The Hall–Kier alpha value is -2.50. The van der Waals surface area contributed by atoms with E-state index in [-0.39, 0.29) is 12.5 Å². The van der Waals surface area contributed by atoms with E-state index in [9.17, 15) is 9.59 Å². The fourth-order valence-electron chi connectivity index (χ4n) is 2.71. The lowest BCUT2D eigenvalue weighted by molar-refractivity contribution is -0.148. The molecule has 0 saturated carbocycles. The molecular weight excluding hydrogens is 322 g/mol. The van der Waals surface area contributed by atoms with Crippen molar-refractivity contribution < 1.29 is 23.8 Å². The second-order valence-electron chi connectivity index (χ2n) is 5.84. The van der Waals surface area contributed by atoms with Gasteiger partial charge in [0.25, 0.3) is 5.91 Å². The number of rotatable bonds is 6. The van der Waals surface area contributed by atoms with E-state index in [1.165, 1.54) is 6.08 Å². The Balaban J connectivity index is 1.87. The lowest BCUT2D eigenvalue weighted by Gasteiger charge is -2.19. The molecule has 1 aliphatic rings. The second kappa shape index (κ2) is 9.71. The number of carbonyl (C=O) groups is 2. The largest absolute Gasteiger partial charge is 0.497 e. The van der Waals surface area contributed by atoms with Gasteiger partial charge in [0.1, 0.15) is 11.5 Å². The van der Waals surface area contributed by atoms with E-state index in [2.05, 4.69) is 0 Å². The highest BCUT2D eigenvalue weighted by molar-refractivity contribution is 5.89. The molecule has 0 aromatic heterocycles. The third-order valence-corrected chi connectivity index (χ3v) is 4.14. The van der Waals surface area contributed by atoms with Crippen LogP contribution in [0.4, 0.5) is 0 Å². The summed E-state index contributed by atoms with van der Waals surface area (Å²) in [7, 11) is 3.12. The smallest absolute Gasteiger partial charge is 0.331 e. The van der Waals surface area contributed by atoms with Gasteiger partial charge in [0.2, 0.25) is 0 Å². The van der Waals surface area contributed by atoms with Crippen LogP contribution in [-0.4, -0.2) is 50.7 Å². The van der Waals surface area contributed by atoms with Gasteiger partial charge in [-0.05, 0) is 31.1 Å². The van der Waals surface area contributed by atoms with Crippen molar-refractivity contribution in [3.05, 3.63) is 29.8 Å². The number of methoxy groups -OCH3 is 2. The molecule has 1 aromatic rings. The molecule has 0 unspecified atom stereocenters. The van der Waals surface area contributed by atoms with E-state index in [0.717, 1.165) is 44.3 Å². The van der Waals surface area contributed by atoms with Crippen LogP contribution in [-0.2, 0) is 14.3 Å². The van der Waals surface area contributed by atoms with Gasteiger partial charge in [0.05, 0.1) is 14.2 Å². The second-order valence-corrected chi connectivity index (χ2v) is 5.84. The van der Waals surface area contributed by atoms with E-state index in [0.29, 0.717) is 11.5 Å². The first-order valence-electron chi connectivity index (χ1n) is 8.48. The molecule has 6 heteroatoms. The molecule has 136 valence electrons. The molecule has 25 heavy (non-hydrogen) atoms. The van der Waals surface area contributed by atoms with Gasteiger partial charge in [0, 0.05) is 30.8 Å². The van der Waals surface area contributed by atoms with Crippen molar-refractivity contribution in [2.24, 2.45) is 0 Å². The zero-order valence-electron chi connectivity index (χ0n) is 14.8. The zero-order valence-corrected chi connectivity index (χ0v) is 14.8. The van der Waals surface area contributed by atoms with Crippen LogP contribution < -0.4 is 9.47 Å². The summed E-state index contributed by atoms with van der Waals surface area (Å²) in [5, 5.41) is 0. The molecule has 1 aromatic carbocycles. The van der Waals surface area contributed by atoms with Crippen molar-refractivity contribution in [1.29, 1.82) is 0 Å². The summed E-state index contributed by atoms with van der Waals surface area (Å²) in [6.07, 6.45) is 7.21. The lowest BCUT2D eigenvalue weighted by atomic mass is 10.2. The van der Waals surface area contributed by atoms with Crippen LogP contribution in [0.1, 0.15) is 31.2 Å². The van der Waals surface area contributed by atoms with Crippen LogP contribution in [0.2, 0.25) is 0 Å². The number of carbonyl (C=O) groups excluding carboxylic acids is 2. The molecule has 2 rings (SSSR count). The maximum Gasteiger partial charge on any atom is 0.331 e. The molecule has 1 heterocycles. The van der Waals surface area contributed by atoms with Crippen LogP contribution in [0.15, 0.2) is 24.3 Å². The monoisotopic (exact) mass is 347 g/mol. The van der Waals surface area contributed by atoms with E-state index >= 15 is 0 Å². The fourth-order valence-corrected chi connectivity index (χ4v) is 2.71. The highest BCUT2D eigenvalue weighted by atomic mass is 16.5. The van der Waals surface area contributed by atoms with Crippen molar-refractivity contribution in [2.75, 3.05) is 33.9 Å². The van der Waals surface area contributed by atoms with E-state index in [1.807, 2.05) is 0 Å². The van der Waals surface area contributed by atoms with Gasteiger partial charge in [-0.25, -0.2) is 4.79 Å². The first-order valence-corrected chi connectivity index (χ1v) is 8.48. The lowest BCUT2D eigenvalue weighted by Crippen LogP contribution is -2.35. The Morgan fingerprint density at radius 1 is 1.08 bits per heavy atom. The van der Waals surface area contributed by atoms with Crippen LogP contribution in [0.25, 0.3) is 6.08 Å². The first-order chi connectivity index (χ1) is 12.1. The van der Waals surface area contributed by atoms with Crippen LogP contribution in [0.5, 0.6) is 11.5 Å². The van der Waals surface area contributed by atoms with Crippen LogP contribution in [0.3, 0.4) is 0 Å². The quantitative estimate of drug-likeness (QED) is 0.585. The summed E-state index contributed by atoms with van der Waals surface area (Å²) >= 11 is 0. The topological polar surface area (TPSA) is 65.1 Å². The number of benzene rings is 1. The van der Waals surface area contributed by atoms with Gasteiger partial charge in [-0.2, -0.15) is 0 Å². The minimum absolute atomic E-state index is 0.134. The normalized spacial score (nSPS) is 14.9. The molecule has 1 saturated heterocycles. The Labute approximate surface area is 148 Å². The minimum atomic E-state index is -0.555. The average Bonchev–Trinajstić information content (AvgIpc) is 2.93. The fraction of sp³-hybridized carbons (Fsp3) is 0.474. The SMILES string of the molecule is COc1ccc(/C=C/C(=O)OCC(=O)N2CCCCCC2)c(OC)c1. The molecule has 1 aliphatic heterocycles. The Morgan fingerprint density at radius 2 is 1.80 bits per heavy atom. The third kappa shape index (κ3) is 5.81. The molecule has 1 fully saturated rings. The number of amides is 1. The first kappa shape index (κ1) is 18.8. The molecular formula is C19H25NO5. The van der Waals surface area contributed by atoms with Gasteiger partial charge < -0.3 is 19.1 Å². The number of hydrogen-bond acceptors (Lipinski definition) is 5. The zero-order chi connectivity index (χ0) is 18.1. The highest BCUT2D eigenvalue weighted by Gasteiger charge is 2.16. The molecule has 0 spiro atoms. The van der Waals surface area contributed by atoms with Crippen LogP contribution in [0, 0.1) is 0 Å². The number of nitrogens with zero attached hydrogens (tertiary/aromatic N) is 1. The van der Waals surface area contributed by atoms with E-state index in [1.54, 1.807) is 43.4 Å². The van der Waals surface area contributed by atoms with Gasteiger partial charge in [0.15, 0.2) is 6.61 Å². The molecule has 1 amide bonds. The van der Waals surface area contributed by atoms with Gasteiger partial charge in [-0.15, -0.1) is 0 Å². The predicted octanol–water partition coefficient (Wildman–Crippen LogP) is 2.66. The molecule has 0 atom stereocenters. The van der Waals surface area contributed by atoms with E-state index in [4.69, 9.17) is 14.2 Å². The molecule has 6 nitrogen and oxygen atoms in total. The molecule has 0 bridgehead atoms. The maximum atomic E-state index is 12.1. The number of ether oxygens (including phenoxy) is 3. The number of esters is 1. The summed E-state index contributed by atoms with van der Waals surface area (Å²) in [6, 6.07) is 5.29. The summed E-state index contributed by atoms with van der Waals surface area (Å²) in [6.45, 7) is 1.27. The van der Waals surface area contributed by atoms with E-state index < -0.39 is 5.97 Å². The summed E-state index contributed by atoms with van der Waals surface area (Å²) in [4.78, 5) is 25.7. The van der Waals surface area contributed by atoms with Crippen molar-refractivity contribution >= 4 is 18.0 Å². The Kier molecular flexibility index (Phi) is 7.32. The Bertz CT molecular complexity index is 618. The molecule has 0 N–H and O–H groups in total. The molecule has 0 radical (unpaired) electrons.